The molecule has 3 aromatic rings. The van der Waals surface area contributed by atoms with Crippen LogP contribution >= 0.6 is 0 Å². The van der Waals surface area contributed by atoms with Crippen LogP contribution in [0.5, 0.6) is 0 Å². The molecule has 0 radical (unpaired) electrons. The van der Waals surface area contributed by atoms with Crippen molar-refractivity contribution in [3.63, 3.8) is 0 Å². The molecule has 1 aliphatic rings. The summed E-state index contributed by atoms with van der Waals surface area (Å²) in [6.07, 6.45) is -8.61. The highest BCUT2D eigenvalue weighted by Gasteiger charge is 2.39. The summed E-state index contributed by atoms with van der Waals surface area (Å²) >= 11 is 0. The summed E-state index contributed by atoms with van der Waals surface area (Å²) in [6.45, 7) is 5.49. The number of fused-ring (bicyclic) bond motifs is 1. The number of anilines is 1. The fourth-order valence-electron chi connectivity index (χ4n) is 4.69. The van der Waals surface area contributed by atoms with E-state index in [1.807, 2.05) is 56.3 Å². The number of benzene rings is 3. The van der Waals surface area contributed by atoms with Crippen LogP contribution < -0.4 is 27.0 Å². The van der Waals surface area contributed by atoms with Crippen LogP contribution in [0.1, 0.15) is 47.3 Å². The highest BCUT2D eigenvalue weighted by atomic mass is 19.4. The van der Waals surface area contributed by atoms with Crippen molar-refractivity contribution in [2.45, 2.75) is 51.1 Å². The lowest BCUT2D eigenvalue weighted by atomic mass is 9.97. The number of nitrogens with one attached hydrogen (secondary N) is 4. The summed E-state index contributed by atoms with van der Waals surface area (Å²) < 4.78 is 63.5. The van der Waals surface area contributed by atoms with Crippen LogP contribution in [0.2, 0.25) is 0 Å². The Morgan fingerprint density at radius 3 is 2.00 bits per heavy atom. The van der Waals surface area contributed by atoms with Gasteiger partial charge in [0.15, 0.2) is 0 Å². The number of halogens is 6. The maximum Gasteiger partial charge on any atom is 0.490 e. The van der Waals surface area contributed by atoms with Crippen LogP contribution in [0, 0.1) is 12.8 Å². The van der Waals surface area contributed by atoms with E-state index in [4.69, 9.17) is 25.5 Å². The molecule has 2 atom stereocenters. The zero-order chi connectivity index (χ0) is 38.5. The smallest absolute Gasteiger partial charge is 0.475 e. The highest BCUT2D eigenvalue weighted by Crippen LogP contribution is 2.25. The van der Waals surface area contributed by atoms with E-state index in [1.165, 1.54) is 0 Å². The van der Waals surface area contributed by atoms with Crippen LogP contribution in [0.4, 0.5) is 32.0 Å². The molecule has 278 valence electrons. The summed E-state index contributed by atoms with van der Waals surface area (Å²) in [6, 6.07) is 18.2. The Morgan fingerprint density at radius 1 is 0.882 bits per heavy atom. The third-order valence-electron chi connectivity index (χ3n) is 7.42. The fourth-order valence-corrected chi connectivity index (χ4v) is 4.69. The summed E-state index contributed by atoms with van der Waals surface area (Å²) in [4.78, 5) is 56.0. The zero-order valence-corrected chi connectivity index (χ0v) is 27.3. The number of alkyl halides is 6. The fraction of sp³-hybridized carbons (Fsp3) is 0.364. The first-order valence-corrected chi connectivity index (χ1v) is 15.3. The number of piperidine rings is 1. The molecule has 4 rings (SSSR count). The lowest BCUT2D eigenvalue weighted by molar-refractivity contribution is -0.193. The third-order valence-corrected chi connectivity index (χ3v) is 7.42. The number of carboxylic acids is 2. The second-order valence-electron chi connectivity index (χ2n) is 11.3. The number of aryl methyl sites for hydroxylation is 1. The van der Waals surface area contributed by atoms with E-state index in [2.05, 4.69) is 21.3 Å². The van der Waals surface area contributed by atoms with Crippen LogP contribution in [-0.2, 0) is 19.2 Å². The van der Waals surface area contributed by atoms with E-state index in [-0.39, 0.29) is 30.3 Å². The Balaban J connectivity index is 0.000000543. The molecule has 1 aliphatic heterocycles. The van der Waals surface area contributed by atoms with Gasteiger partial charge in [-0.3, -0.25) is 14.4 Å². The molecule has 0 aromatic heterocycles. The lowest BCUT2D eigenvalue weighted by Gasteiger charge is -2.22. The molecule has 0 bridgehead atoms. The van der Waals surface area contributed by atoms with Gasteiger partial charge in [0, 0.05) is 23.7 Å². The quantitative estimate of drug-likeness (QED) is 0.165. The molecule has 1 fully saturated rings. The number of hydrogen-bond acceptors (Lipinski definition) is 7. The van der Waals surface area contributed by atoms with Crippen molar-refractivity contribution in [2.75, 3.05) is 25.0 Å². The Kier molecular flexibility index (Phi) is 15.4. The van der Waals surface area contributed by atoms with Crippen molar-refractivity contribution >= 4 is 46.1 Å². The number of rotatable bonds is 8. The number of carboxylic acid groups (broad SMARTS) is 2. The molecule has 0 aliphatic carbocycles. The van der Waals surface area contributed by atoms with E-state index in [9.17, 15) is 40.7 Å². The van der Waals surface area contributed by atoms with Gasteiger partial charge in [0.05, 0.1) is 6.04 Å². The summed E-state index contributed by atoms with van der Waals surface area (Å²) in [7, 11) is 0. The average molecular weight is 730 g/mol. The van der Waals surface area contributed by atoms with Gasteiger partial charge in [-0.05, 0) is 73.8 Å². The molecular weight excluding hydrogens is 692 g/mol. The second kappa shape index (κ2) is 18.7. The molecule has 0 saturated carbocycles. The number of aliphatic carboxylic acids is 2. The number of nitrogens with two attached hydrogens (primary N) is 1. The van der Waals surface area contributed by atoms with Crippen molar-refractivity contribution in [1.29, 1.82) is 0 Å². The molecule has 1 heterocycles. The summed E-state index contributed by atoms with van der Waals surface area (Å²) in [5.74, 6) is -6.29. The normalized spacial score (nSPS) is 14.4. The van der Waals surface area contributed by atoms with E-state index in [0.29, 0.717) is 11.3 Å². The Hall–Kier alpha value is -5.23. The standard InChI is InChI=1S/C29H35N5O3.2C2HF3O2/c1-18-10-11-22(34-29(37)26(30)17-32-27(35)21-12-14-31-15-13-21)16-25(18)28(36)33-19(2)23-9-5-7-20-6-3-4-8-24(20)23;2*3-2(4,5)1(6)7/h3-11,16,19,21,26,31H,12-15,17,30H2,1-2H3,(H,32,35)(H,33,36)(H,34,37);2*(H,6,7)/t19-,26+;;/m1../s1. The van der Waals surface area contributed by atoms with Crippen molar-refractivity contribution in [3.8, 4) is 0 Å². The highest BCUT2D eigenvalue weighted by molar-refractivity contribution is 6.00. The molecule has 0 unspecified atom stereocenters. The SMILES string of the molecule is Cc1ccc(NC(=O)[C@@H](N)CNC(=O)C2CCNCC2)cc1C(=O)N[C@H](C)c1cccc2ccccc12.O=C(O)C(F)(F)F.O=C(O)C(F)(F)F. The number of carbonyl (C=O) groups is 5. The number of hydrogen-bond donors (Lipinski definition) is 7. The maximum absolute atomic E-state index is 13.2. The van der Waals surface area contributed by atoms with Gasteiger partial charge in [0.25, 0.3) is 5.91 Å². The van der Waals surface area contributed by atoms with Crippen molar-refractivity contribution < 1.29 is 60.5 Å². The monoisotopic (exact) mass is 729 g/mol. The Bertz CT molecular complexity index is 1670. The minimum Gasteiger partial charge on any atom is -0.475 e. The van der Waals surface area contributed by atoms with E-state index < -0.39 is 36.2 Å². The summed E-state index contributed by atoms with van der Waals surface area (Å²) in [5, 5.41) is 28.3. The van der Waals surface area contributed by atoms with Gasteiger partial charge in [0.1, 0.15) is 6.04 Å². The Labute approximate surface area is 287 Å². The first-order chi connectivity index (χ1) is 23.7. The molecule has 8 N–H and O–H groups in total. The molecule has 3 aromatic carbocycles. The molecule has 1 saturated heterocycles. The van der Waals surface area contributed by atoms with E-state index in [1.54, 1.807) is 18.2 Å². The summed E-state index contributed by atoms with van der Waals surface area (Å²) in [5.41, 5.74) is 8.79. The van der Waals surface area contributed by atoms with Gasteiger partial charge in [0.2, 0.25) is 11.8 Å². The van der Waals surface area contributed by atoms with E-state index in [0.717, 1.165) is 47.8 Å². The van der Waals surface area contributed by atoms with Gasteiger partial charge in [-0.25, -0.2) is 9.59 Å². The van der Waals surface area contributed by atoms with Gasteiger partial charge in [-0.15, -0.1) is 0 Å². The molecule has 3 amide bonds. The second-order valence-corrected chi connectivity index (χ2v) is 11.3. The van der Waals surface area contributed by atoms with Crippen molar-refractivity contribution in [3.05, 3.63) is 77.4 Å². The first kappa shape index (κ1) is 41.9. The van der Waals surface area contributed by atoms with Gasteiger partial charge in [-0.1, -0.05) is 48.5 Å². The van der Waals surface area contributed by atoms with E-state index >= 15 is 0 Å². The van der Waals surface area contributed by atoms with Crippen LogP contribution in [0.25, 0.3) is 10.8 Å². The Morgan fingerprint density at radius 2 is 1.43 bits per heavy atom. The number of amides is 3. The molecular formula is C33H37F6N5O7. The van der Waals surface area contributed by atoms with Crippen LogP contribution in [0.3, 0.4) is 0 Å². The molecule has 51 heavy (non-hydrogen) atoms. The predicted octanol–water partition coefficient (Wildman–Crippen LogP) is 4.29. The van der Waals surface area contributed by atoms with Gasteiger partial charge in [-0.2, -0.15) is 26.3 Å². The van der Waals surface area contributed by atoms with Crippen LogP contribution in [0.15, 0.2) is 60.7 Å². The number of carbonyl (C=O) groups excluding carboxylic acids is 3. The van der Waals surface area contributed by atoms with Crippen molar-refractivity contribution in [1.82, 2.24) is 16.0 Å². The van der Waals surface area contributed by atoms with Gasteiger partial charge < -0.3 is 37.2 Å². The van der Waals surface area contributed by atoms with Crippen molar-refractivity contribution in [2.24, 2.45) is 11.7 Å². The zero-order valence-electron chi connectivity index (χ0n) is 27.3. The topological polar surface area (TPSA) is 200 Å². The third kappa shape index (κ3) is 13.5. The molecule has 18 heteroatoms. The predicted molar refractivity (Wildman–Crippen MR) is 174 cm³/mol. The first-order valence-electron chi connectivity index (χ1n) is 15.3. The lowest BCUT2D eigenvalue weighted by Crippen LogP contribution is -2.47. The average Bonchev–Trinajstić information content (AvgIpc) is 3.07. The minimum absolute atomic E-state index is 0.0500. The molecule has 0 spiro atoms. The minimum atomic E-state index is -5.08. The van der Waals surface area contributed by atoms with Crippen LogP contribution in [-0.4, -0.2) is 77.9 Å². The molecule has 12 nitrogen and oxygen atoms in total. The maximum atomic E-state index is 13.2. The van der Waals surface area contributed by atoms with Gasteiger partial charge >= 0.3 is 24.3 Å². The largest absolute Gasteiger partial charge is 0.490 e.